The van der Waals surface area contributed by atoms with Crippen LogP contribution in [0.15, 0.2) is 121 Å². The van der Waals surface area contributed by atoms with Crippen molar-refractivity contribution in [3.05, 3.63) is 144 Å². The number of carbonyl (C=O) groups excluding carboxylic acids is 1. The Morgan fingerprint density at radius 3 is 1.83 bits per heavy atom. The van der Waals surface area contributed by atoms with Crippen LogP contribution in [0.2, 0.25) is 0 Å². The van der Waals surface area contributed by atoms with E-state index in [-0.39, 0.29) is 12.1 Å². The number of hydrogen-bond acceptors (Lipinski definition) is 6. The summed E-state index contributed by atoms with van der Waals surface area (Å²) in [6.45, 7) is 10.9. The Morgan fingerprint density at radius 2 is 1.33 bits per heavy atom. The predicted octanol–water partition coefficient (Wildman–Crippen LogP) is 7.83. The number of carbonyl (C=O) groups is 1. The van der Waals surface area contributed by atoms with Crippen molar-refractivity contribution in [3.63, 3.8) is 0 Å². The van der Waals surface area contributed by atoms with E-state index < -0.39 is 10.3 Å². The van der Waals surface area contributed by atoms with Gasteiger partial charge in [0, 0.05) is 58.2 Å². The van der Waals surface area contributed by atoms with Crippen molar-refractivity contribution >= 4 is 17.9 Å². The van der Waals surface area contributed by atoms with Gasteiger partial charge in [-0.1, -0.05) is 121 Å². The van der Waals surface area contributed by atoms with Gasteiger partial charge >= 0.3 is 6.09 Å². The number of hydrogen-bond donors (Lipinski definition) is 1. The molecule has 4 aromatic rings. The fourth-order valence-corrected chi connectivity index (χ4v) is 8.15. The summed E-state index contributed by atoms with van der Waals surface area (Å²) in [7, 11) is 1.77. The minimum absolute atomic E-state index is 0.161. The van der Waals surface area contributed by atoms with E-state index in [1.807, 2.05) is 32.5 Å². The molecular weight excluding hydrogens is 615 g/mol. The smallest absolute Gasteiger partial charge is 0.407 e. The first kappa shape index (κ1) is 35.7. The van der Waals surface area contributed by atoms with E-state index in [1.165, 1.54) is 22.3 Å². The molecule has 0 saturated carbocycles. The van der Waals surface area contributed by atoms with E-state index >= 15 is 0 Å². The zero-order valence-electron chi connectivity index (χ0n) is 28.9. The third kappa shape index (κ3) is 9.73. The normalized spacial score (nSPS) is 16.7. The molecule has 0 aromatic heterocycles. The number of nitrogens with zero attached hydrogens (tertiary/aromatic N) is 2. The average Bonchev–Trinajstić information content (AvgIpc) is 3.09. The highest BCUT2D eigenvalue weighted by atomic mass is 32.2. The van der Waals surface area contributed by atoms with Gasteiger partial charge in [-0.3, -0.25) is 9.80 Å². The molecule has 5 rings (SSSR count). The van der Waals surface area contributed by atoms with Crippen LogP contribution in [0.5, 0.6) is 0 Å². The van der Waals surface area contributed by atoms with Gasteiger partial charge in [0.2, 0.25) is 0 Å². The zero-order valence-corrected chi connectivity index (χ0v) is 29.7. The number of methoxy groups -OCH3 is 1. The number of ether oxygens (including phenoxy) is 2. The van der Waals surface area contributed by atoms with Crippen molar-refractivity contribution in [1.82, 2.24) is 15.1 Å². The highest BCUT2D eigenvalue weighted by Gasteiger charge is 2.38. The molecule has 2 atom stereocenters. The summed E-state index contributed by atoms with van der Waals surface area (Å²) in [6, 6.07) is 43.0. The molecule has 0 spiro atoms. The van der Waals surface area contributed by atoms with Crippen molar-refractivity contribution in [3.8, 4) is 0 Å². The Balaban J connectivity index is 1.44. The molecule has 0 radical (unpaired) electrons. The molecule has 1 saturated heterocycles. The zero-order chi connectivity index (χ0) is 33.8. The van der Waals surface area contributed by atoms with Crippen LogP contribution in [0.25, 0.3) is 0 Å². The molecule has 1 aliphatic heterocycles. The summed E-state index contributed by atoms with van der Waals surface area (Å²) in [5.74, 6) is 0.680. The Kier molecular flexibility index (Phi) is 12.8. The van der Waals surface area contributed by atoms with Crippen LogP contribution in [-0.2, 0) is 20.8 Å². The molecule has 1 N–H and O–H groups in total. The number of nitrogens with one attached hydrogen (secondary N) is 1. The quantitative estimate of drug-likeness (QED) is 0.139. The third-order valence-electron chi connectivity index (χ3n) is 8.81. The van der Waals surface area contributed by atoms with E-state index in [2.05, 4.69) is 136 Å². The van der Waals surface area contributed by atoms with Crippen molar-refractivity contribution in [2.75, 3.05) is 45.6 Å². The van der Waals surface area contributed by atoms with Crippen LogP contribution in [0, 0.1) is 0 Å². The second-order valence-corrected chi connectivity index (χ2v) is 14.8. The third-order valence-corrected chi connectivity index (χ3v) is 10.5. The molecule has 1 heterocycles. The van der Waals surface area contributed by atoms with Crippen LogP contribution >= 0.6 is 11.8 Å². The van der Waals surface area contributed by atoms with Gasteiger partial charge in [-0.05, 0) is 49.4 Å². The monoisotopic (exact) mass is 665 g/mol. The largest absolute Gasteiger partial charge is 0.444 e. The molecule has 1 aliphatic rings. The molecule has 1 fully saturated rings. The number of thioether (sulfide) groups is 1. The average molecular weight is 666 g/mol. The van der Waals surface area contributed by atoms with Gasteiger partial charge in [0.15, 0.2) is 0 Å². The van der Waals surface area contributed by atoms with E-state index in [4.69, 9.17) is 9.47 Å². The molecule has 254 valence electrons. The van der Waals surface area contributed by atoms with Crippen LogP contribution in [0.1, 0.15) is 49.4 Å². The predicted molar refractivity (Wildman–Crippen MR) is 198 cm³/mol. The van der Waals surface area contributed by atoms with Gasteiger partial charge in [-0.15, -0.1) is 11.8 Å². The van der Waals surface area contributed by atoms with Crippen LogP contribution < -0.4 is 5.32 Å². The maximum Gasteiger partial charge on any atom is 0.407 e. The van der Waals surface area contributed by atoms with E-state index in [0.29, 0.717) is 24.9 Å². The Labute approximate surface area is 291 Å². The first-order valence-electron chi connectivity index (χ1n) is 17.1. The van der Waals surface area contributed by atoms with E-state index in [0.717, 1.165) is 32.6 Å². The van der Waals surface area contributed by atoms with Crippen molar-refractivity contribution in [1.29, 1.82) is 0 Å². The lowest BCUT2D eigenvalue weighted by molar-refractivity contribution is 0.0356. The number of benzene rings is 4. The van der Waals surface area contributed by atoms with Gasteiger partial charge in [-0.2, -0.15) is 0 Å². The lowest BCUT2D eigenvalue weighted by Gasteiger charge is -2.43. The number of rotatable bonds is 14. The summed E-state index contributed by atoms with van der Waals surface area (Å²) < 4.78 is 10.9. The number of piperazine rings is 1. The van der Waals surface area contributed by atoms with Crippen molar-refractivity contribution in [2.45, 2.75) is 56.2 Å². The van der Waals surface area contributed by atoms with Gasteiger partial charge < -0.3 is 14.8 Å². The van der Waals surface area contributed by atoms with E-state index in [9.17, 15) is 4.79 Å². The van der Waals surface area contributed by atoms with Gasteiger partial charge in [0.1, 0.15) is 5.60 Å². The fourth-order valence-electron chi connectivity index (χ4n) is 6.60. The Morgan fingerprint density at radius 1 is 0.812 bits per heavy atom. The summed E-state index contributed by atoms with van der Waals surface area (Å²) in [4.78, 5) is 18.5. The van der Waals surface area contributed by atoms with Gasteiger partial charge in [0.05, 0.1) is 10.8 Å². The minimum Gasteiger partial charge on any atom is -0.444 e. The number of amides is 1. The number of alkyl carbamates (subject to hydrolysis) is 1. The fraction of sp³-hybridized carbons (Fsp3) is 0.390. The highest BCUT2D eigenvalue weighted by molar-refractivity contribution is 8.00. The molecular formula is C41H51N3O3S. The molecule has 0 aliphatic carbocycles. The SMILES string of the molecule is COCC[C@H]1CN(Cc2ccccc2)CCN1C[C@H](CSC(c1ccccc1)(c1ccccc1)c1ccccc1)NC(=O)OC(C)(C)C. The van der Waals surface area contributed by atoms with Crippen LogP contribution in [-0.4, -0.2) is 79.2 Å². The summed E-state index contributed by atoms with van der Waals surface area (Å²) in [6.07, 6.45) is 0.546. The Hall–Kier alpha value is -3.62. The lowest BCUT2D eigenvalue weighted by Crippen LogP contribution is -2.57. The molecule has 1 amide bonds. The lowest BCUT2D eigenvalue weighted by atomic mass is 9.84. The van der Waals surface area contributed by atoms with Crippen LogP contribution in [0.4, 0.5) is 4.79 Å². The topological polar surface area (TPSA) is 54.0 Å². The first-order chi connectivity index (χ1) is 23.3. The summed E-state index contributed by atoms with van der Waals surface area (Å²) >= 11 is 1.87. The second kappa shape index (κ2) is 17.2. The van der Waals surface area contributed by atoms with E-state index in [1.54, 1.807) is 7.11 Å². The minimum atomic E-state index is -0.590. The van der Waals surface area contributed by atoms with Gasteiger partial charge in [-0.25, -0.2) is 4.79 Å². The molecule has 6 nitrogen and oxygen atoms in total. The standard InChI is InChI=1S/C41H51N3O3S/c1-40(2,3)47-39(45)42-37(30-44-27-26-43(31-38(44)25-28-46-4)29-33-17-9-5-10-18-33)32-48-41(34-19-11-6-12-20-34,35-21-13-7-14-22-35)36-23-15-8-16-24-36/h5-24,37-38H,25-32H2,1-4H3,(H,42,45)/t37-,38+/m1/s1. The molecule has 4 aromatic carbocycles. The molecule has 48 heavy (non-hydrogen) atoms. The summed E-state index contributed by atoms with van der Waals surface area (Å²) in [5, 5.41) is 3.31. The molecule has 0 bridgehead atoms. The first-order valence-corrected chi connectivity index (χ1v) is 18.0. The van der Waals surface area contributed by atoms with Crippen molar-refractivity contribution in [2.24, 2.45) is 0 Å². The summed E-state index contributed by atoms with van der Waals surface area (Å²) in [5.41, 5.74) is 4.35. The second-order valence-electron chi connectivity index (χ2n) is 13.6. The molecule has 0 unspecified atom stereocenters. The van der Waals surface area contributed by atoms with Crippen LogP contribution in [0.3, 0.4) is 0 Å². The van der Waals surface area contributed by atoms with Crippen molar-refractivity contribution < 1.29 is 14.3 Å². The van der Waals surface area contributed by atoms with Gasteiger partial charge in [0.25, 0.3) is 0 Å². The molecule has 7 heteroatoms. The maximum absolute atomic E-state index is 13.4. The Bertz CT molecular complexity index is 1420. The highest BCUT2D eigenvalue weighted by Crippen LogP contribution is 2.48. The maximum atomic E-state index is 13.4.